The van der Waals surface area contributed by atoms with Crippen LogP contribution in [0.15, 0.2) is 23.7 Å². The molecule has 0 saturated carbocycles. The molecule has 0 aliphatic heterocycles. The van der Waals surface area contributed by atoms with Crippen LogP contribution in [0.25, 0.3) is 10.1 Å². The molecule has 0 aromatic carbocycles. The number of hydrogen-bond donors (Lipinski definition) is 1. The number of pyridine rings is 1. The Bertz CT molecular complexity index is 436. The molecule has 0 saturated heterocycles. The van der Waals surface area contributed by atoms with E-state index in [-0.39, 0.29) is 12.0 Å². The van der Waals surface area contributed by atoms with Crippen LogP contribution in [0.3, 0.4) is 0 Å². The molecule has 0 aliphatic rings. The fourth-order valence-electron chi connectivity index (χ4n) is 1.51. The second kappa shape index (κ2) is 3.67. The molecule has 2 rings (SSSR count). The van der Waals surface area contributed by atoms with E-state index in [0.717, 1.165) is 5.69 Å². The number of fused-ring (bicyclic) bond motifs is 1. The topological polar surface area (TPSA) is 33.1 Å². The van der Waals surface area contributed by atoms with Gasteiger partial charge in [-0.05, 0) is 24.4 Å². The standard InChI is InChI=1S/C11H13NOS/c1-7(8(2)13)11-9-4-6-14-10(9)3-5-12-11/h3-8,13H,1-2H3. The first kappa shape index (κ1) is 9.62. The van der Waals surface area contributed by atoms with Crippen LogP contribution in [0.5, 0.6) is 0 Å². The third-order valence-electron chi connectivity index (χ3n) is 2.57. The summed E-state index contributed by atoms with van der Waals surface area (Å²) in [5.74, 6) is 0.0910. The zero-order chi connectivity index (χ0) is 10.1. The smallest absolute Gasteiger partial charge is 0.0593 e. The van der Waals surface area contributed by atoms with Gasteiger partial charge in [-0.25, -0.2) is 0 Å². The minimum absolute atomic E-state index is 0.0910. The Labute approximate surface area is 87.2 Å². The van der Waals surface area contributed by atoms with E-state index in [1.807, 2.05) is 19.2 Å². The van der Waals surface area contributed by atoms with E-state index >= 15 is 0 Å². The second-order valence-electron chi connectivity index (χ2n) is 3.56. The molecule has 0 bridgehead atoms. The van der Waals surface area contributed by atoms with Crippen molar-refractivity contribution in [2.24, 2.45) is 0 Å². The Morgan fingerprint density at radius 2 is 2.14 bits per heavy atom. The van der Waals surface area contributed by atoms with Crippen molar-refractivity contribution in [2.75, 3.05) is 0 Å². The molecule has 2 nitrogen and oxygen atoms in total. The summed E-state index contributed by atoms with van der Waals surface area (Å²) in [6.07, 6.45) is 1.46. The number of nitrogens with zero attached hydrogens (tertiary/aromatic N) is 1. The molecule has 0 aliphatic carbocycles. The number of aliphatic hydroxyl groups excluding tert-OH is 1. The zero-order valence-corrected chi connectivity index (χ0v) is 9.08. The fraction of sp³-hybridized carbons (Fsp3) is 0.364. The molecule has 2 aromatic rings. The van der Waals surface area contributed by atoms with Crippen molar-refractivity contribution in [1.82, 2.24) is 4.98 Å². The molecule has 0 spiro atoms. The number of hydrogen-bond acceptors (Lipinski definition) is 3. The van der Waals surface area contributed by atoms with Crippen LogP contribution in [-0.4, -0.2) is 16.2 Å². The zero-order valence-electron chi connectivity index (χ0n) is 8.27. The predicted octanol–water partition coefficient (Wildman–Crippen LogP) is 2.78. The number of aromatic nitrogens is 1. The summed E-state index contributed by atoms with van der Waals surface area (Å²) in [6, 6.07) is 4.08. The van der Waals surface area contributed by atoms with Crippen LogP contribution in [0.4, 0.5) is 0 Å². The molecule has 0 amide bonds. The summed E-state index contributed by atoms with van der Waals surface area (Å²) in [6.45, 7) is 3.81. The minimum Gasteiger partial charge on any atom is -0.393 e. The fourth-order valence-corrected chi connectivity index (χ4v) is 2.30. The molecular weight excluding hydrogens is 194 g/mol. The highest BCUT2D eigenvalue weighted by atomic mass is 32.1. The van der Waals surface area contributed by atoms with Gasteiger partial charge in [-0.3, -0.25) is 4.98 Å². The first-order valence-electron chi connectivity index (χ1n) is 4.70. The average Bonchev–Trinajstić information content (AvgIpc) is 2.63. The van der Waals surface area contributed by atoms with E-state index in [4.69, 9.17) is 0 Å². The van der Waals surface area contributed by atoms with Gasteiger partial charge in [0, 0.05) is 22.2 Å². The van der Waals surface area contributed by atoms with Crippen molar-refractivity contribution in [3.63, 3.8) is 0 Å². The van der Waals surface area contributed by atoms with Crippen molar-refractivity contribution >= 4 is 21.4 Å². The summed E-state index contributed by atoms with van der Waals surface area (Å²) >= 11 is 1.71. The normalized spacial score (nSPS) is 15.6. The quantitative estimate of drug-likeness (QED) is 0.821. The Morgan fingerprint density at radius 1 is 1.36 bits per heavy atom. The van der Waals surface area contributed by atoms with Crippen molar-refractivity contribution in [1.29, 1.82) is 0 Å². The molecule has 0 radical (unpaired) electrons. The maximum Gasteiger partial charge on any atom is 0.0593 e. The van der Waals surface area contributed by atoms with Crippen molar-refractivity contribution < 1.29 is 5.11 Å². The molecule has 0 fully saturated rings. The number of thiophene rings is 1. The van der Waals surface area contributed by atoms with Gasteiger partial charge in [0.05, 0.1) is 11.8 Å². The summed E-state index contributed by atoms with van der Waals surface area (Å²) < 4.78 is 1.24. The molecule has 74 valence electrons. The average molecular weight is 207 g/mol. The summed E-state index contributed by atoms with van der Waals surface area (Å²) in [4.78, 5) is 4.35. The summed E-state index contributed by atoms with van der Waals surface area (Å²) in [5.41, 5.74) is 0.999. The first-order chi connectivity index (χ1) is 6.70. The van der Waals surface area contributed by atoms with Gasteiger partial charge >= 0.3 is 0 Å². The third-order valence-corrected chi connectivity index (χ3v) is 3.45. The lowest BCUT2D eigenvalue weighted by atomic mass is 9.99. The monoisotopic (exact) mass is 207 g/mol. The highest BCUT2D eigenvalue weighted by Gasteiger charge is 2.15. The molecule has 2 atom stereocenters. The lowest BCUT2D eigenvalue weighted by molar-refractivity contribution is 0.168. The van der Waals surface area contributed by atoms with E-state index in [1.165, 1.54) is 10.1 Å². The van der Waals surface area contributed by atoms with Crippen molar-refractivity contribution in [3.8, 4) is 0 Å². The van der Waals surface area contributed by atoms with Gasteiger partial charge in [0.15, 0.2) is 0 Å². The summed E-state index contributed by atoms with van der Waals surface area (Å²) in [5, 5.41) is 12.8. The summed E-state index contributed by atoms with van der Waals surface area (Å²) in [7, 11) is 0. The maximum absolute atomic E-state index is 9.53. The van der Waals surface area contributed by atoms with Crippen molar-refractivity contribution in [3.05, 3.63) is 29.4 Å². The molecular formula is C11H13NOS. The maximum atomic E-state index is 9.53. The van der Waals surface area contributed by atoms with Gasteiger partial charge in [0.1, 0.15) is 0 Å². The highest BCUT2D eigenvalue weighted by molar-refractivity contribution is 7.17. The van der Waals surface area contributed by atoms with E-state index < -0.39 is 0 Å². The van der Waals surface area contributed by atoms with Crippen LogP contribution >= 0.6 is 11.3 Å². The number of rotatable bonds is 2. The van der Waals surface area contributed by atoms with Crippen LogP contribution in [0, 0.1) is 0 Å². The third kappa shape index (κ3) is 1.53. The van der Waals surface area contributed by atoms with Crippen LogP contribution < -0.4 is 0 Å². The van der Waals surface area contributed by atoms with E-state index in [1.54, 1.807) is 18.3 Å². The molecule has 1 N–H and O–H groups in total. The van der Waals surface area contributed by atoms with Gasteiger partial charge in [-0.1, -0.05) is 6.92 Å². The van der Waals surface area contributed by atoms with Crippen LogP contribution in [-0.2, 0) is 0 Å². The van der Waals surface area contributed by atoms with Gasteiger partial charge in [-0.2, -0.15) is 0 Å². The Balaban J connectivity index is 2.56. The van der Waals surface area contributed by atoms with E-state index in [0.29, 0.717) is 0 Å². The number of aliphatic hydroxyl groups is 1. The molecule has 14 heavy (non-hydrogen) atoms. The minimum atomic E-state index is -0.354. The van der Waals surface area contributed by atoms with Crippen LogP contribution in [0.2, 0.25) is 0 Å². The van der Waals surface area contributed by atoms with Crippen LogP contribution in [0.1, 0.15) is 25.5 Å². The molecule has 2 heterocycles. The van der Waals surface area contributed by atoms with Crippen molar-refractivity contribution in [2.45, 2.75) is 25.9 Å². The van der Waals surface area contributed by atoms with Gasteiger partial charge in [0.2, 0.25) is 0 Å². The SMILES string of the molecule is CC(O)C(C)c1nccc2sccc12. The molecule has 2 aromatic heterocycles. The van der Waals surface area contributed by atoms with Gasteiger partial charge in [0.25, 0.3) is 0 Å². The second-order valence-corrected chi connectivity index (χ2v) is 4.51. The highest BCUT2D eigenvalue weighted by Crippen LogP contribution is 2.28. The Hall–Kier alpha value is -0.930. The van der Waals surface area contributed by atoms with Gasteiger partial charge < -0.3 is 5.11 Å². The van der Waals surface area contributed by atoms with E-state index in [9.17, 15) is 5.11 Å². The largest absolute Gasteiger partial charge is 0.393 e. The first-order valence-corrected chi connectivity index (χ1v) is 5.58. The Morgan fingerprint density at radius 3 is 2.86 bits per heavy atom. The lowest BCUT2D eigenvalue weighted by Gasteiger charge is -2.14. The molecule has 3 heteroatoms. The lowest BCUT2D eigenvalue weighted by Crippen LogP contribution is -2.12. The van der Waals surface area contributed by atoms with E-state index in [2.05, 4.69) is 16.4 Å². The Kier molecular flexibility index (Phi) is 2.52. The molecule has 2 unspecified atom stereocenters. The predicted molar refractivity (Wildman–Crippen MR) is 59.7 cm³/mol. The van der Waals surface area contributed by atoms with Gasteiger partial charge in [-0.15, -0.1) is 11.3 Å².